The van der Waals surface area contributed by atoms with Crippen LogP contribution in [0.2, 0.25) is 0 Å². The Morgan fingerprint density at radius 3 is 2.83 bits per heavy atom. The summed E-state index contributed by atoms with van der Waals surface area (Å²) in [4.78, 5) is 5.56. The highest BCUT2D eigenvalue weighted by Gasteiger charge is 2.36. The smallest absolute Gasteiger partial charge is 0.396 e. The molecule has 6 nitrogen and oxygen atoms in total. The van der Waals surface area contributed by atoms with Crippen molar-refractivity contribution in [1.82, 2.24) is 15.5 Å². The van der Waals surface area contributed by atoms with Crippen LogP contribution in [-0.2, 0) is 4.74 Å². The summed E-state index contributed by atoms with van der Waals surface area (Å²) in [7, 11) is 1.64. The first-order valence-electron chi connectivity index (χ1n) is 8.31. The number of hydrogen-bond acceptors (Lipinski definition) is 4. The molecule has 140 valence electrons. The SMILES string of the molecule is CN=C(NCC1(CCO)CCOC1)NC1CCN(CC(F)(F)F)C1. The Hall–Kier alpha value is -1.06. The molecule has 2 fully saturated rings. The molecule has 0 aliphatic carbocycles. The third kappa shape index (κ3) is 5.78. The van der Waals surface area contributed by atoms with Gasteiger partial charge in [0.25, 0.3) is 0 Å². The highest BCUT2D eigenvalue weighted by Crippen LogP contribution is 2.31. The lowest BCUT2D eigenvalue weighted by Gasteiger charge is -2.28. The van der Waals surface area contributed by atoms with Gasteiger partial charge < -0.3 is 20.5 Å². The van der Waals surface area contributed by atoms with E-state index in [1.807, 2.05) is 0 Å². The third-order valence-electron chi connectivity index (χ3n) is 4.70. The zero-order valence-corrected chi connectivity index (χ0v) is 14.0. The molecule has 0 spiro atoms. The van der Waals surface area contributed by atoms with Crippen molar-refractivity contribution in [1.29, 1.82) is 0 Å². The molecular formula is C15H27F3N4O2. The molecule has 2 aliphatic heterocycles. The van der Waals surface area contributed by atoms with E-state index in [1.165, 1.54) is 4.90 Å². The summed E-state index contributed by atoms with van der Waals surface area (Å²) in [5.74, 6) is 0.582. The van der Waals surface area contributed by atoms with Crippen LogP contribution < -0.4 is 10.6 Å². The second kappa shape index (κ2) is 8.35. The predicted molar refractivity (Wildman–Crippen MR) is 85.0 cm³/mol. The first kappa shape index (κ1) is 19.3. The van der Waals surface area contributed by atoms with Gasteiger partial charge in [-0.1, -0.05) is 0 Å². The van der Waals surface area contributed by atoms with Gasteiger partial charge in [0, 0.05) is 51.4 Å². The topological polar surface area (TPSA) is 69.1 Å². The molecule has 2 rings (SSSR count). The third-order valence-corrected chi connectivity index (χ3v) is 4.70. The molecule has 0 aromatic carbocycles. The van der Waals surface area contributed by atoms with Gasteiger partial charge in [-0.15, -0.1) is 0 Å². The molecule has 2 saturated heterocycles. The van der Waals surface area contributed by atoms with Gasteiger partial charge in [-0.25, -0.2) is 0 Å². The fourth-order valence-corrected chi connectivity index (χ4v) is 3.32. The van der Waals surface area contributed by atoms with Crippen molar-refractivity contribution in [2.75, 3.05) is 53.0 Å². The quantitative estimate of drug-likeness (QED) is 0.482. The molecule has 0 amide bonds. The van der Waals surface area contributed by atoms with Crippen molar-refractivity contribution in [2.24, 2.45) is 10.4 Å². The van der Waals surface area contributed by atoms with Crippen LogP contribution in [0.3, 0.4) is 0 Å². The molecule has 2 atom stereocenters. The van der Waals surface area contributed by atoms with E-state index in [1.54, 1.807) is 7.05 Å². The lowest BCUT2D eigenvalue weighted by Crippen LogP contribution is -2.48. The normalized spacial score (nSPS) is 29.2. The number of aliphatic imine (C=N–C) groups is 1. The van der Waals surface area contributed by atoms with Gasteiger partial charge in [-0.3, -0.25) is 9.89 Å². The molecule has 2 unspecified atom stereocenters. The van der Waals surface area contributed by atoms with Crippen molar-refractivity contribution < 1.29 is 23.0 Å². The van der Waals surface area contributed by atoms with E-state index in [-0.39, 0.29) is 18.1 Å². The fraction of sp³-hybridized carbons (Fsp3) is 0.933. The van der Waals surface area contributed by atoms with Gasteiger partial charge in [0.15, 0.2) is 5.96 Å². The van der Waals surface area contributed by atoms with E-state index in [9.17, 15) is 18.3 Å². The van der Waals surface area contributed by atoms with Gasteiger partial charge >= 0.3 is 6.18 Å². The first-order valence-corrected chi connectivity index (χ1v) is 8.31. The van der Waals surface area contributed by atoms with Crippen molar-refractivity contribution in [3.05, 3.63) is 0 Å². The summed E-state index contributed by atoms with van der Waals surface area (Å²) in [5, 5.41) is 15.7. The Bertz CT molecular complexity index is 425. The summed E-state index contributed by atoms with van der Waals surface area (Å²) in [6.45, 7) is 1.91. The Kier molecular flexibility index (Phi) is 6.70. The molecule has 0 radical (unpaired) electrons. The van der Waals surface area contributed by atoms with Crippen LogP contribution in [0.5, 0.6) is 0 Å². The molecule has 9 heteroatoms. The zero-order valence-electron chi connectivity index (χ0n) is 14.0. The summed E-state index contributed by atoms with van der Waals surface area (Å²) < 4.78 is 42.8. The fourth-order valence-electron chi connectivity index (χ4n) is 3.32. The lowest BCUT2D eigenvalue weighted by atomic mass is 9.84. The van der Waals surface area contributed by atoms with E-state index in [4.69, 9.17) is 4.74 Å². The number of ether oxygens (including phenoxy) is 1. The largest absolute Gasteiger partial charge is 0.401 e. The van der Waals surface area contributed by atoms with Crippen molar-refractivity contribution >= 4 is 5.96 Å². The maximum atomic E-state index is 12.4. The number of nitrogens with one attached hydrogen (secondary N) is 2. The minimum atomic E-state index is -4.16. The molecule has 0 bridgehead atoms. The van der Waals surface area contributed by atoms with Crippen LogP contribution in [0.15, 0.2) is 4.99 Å². The molecule has 3 N–H and O–H groups in total. The maximum absolute atomic E-state index is 12.4. The molecule has 0 aromatic rings. The van der Waals surface area contributed by atoms with Gasteiger partial charge in [-0.2, -0.15) is 13.2 Å². The lowest BCUT2D eigenvalue weighted by molar-refractivity contribution is -0.143. The van der Waals surface area contributed by atoms with Crippen molar-refractivity contribution in [3.63, 3.8) is 0 Å². The molecule has 2 heterocycles. The second-order valence-electron chi connectivity index (χ2n) is 6.68. The number of aliphatic hydroxyl groups is 1. The average Bonchev–Trinajstić information content (AvgIpc) is 3.12. The summed E-state index contributed by atoms with van der Waals surface area (Å²) in [6, 6.07) is -0.0489. The number of likely N-dealkylation sites (tertiary alicyclic amines) is 1. The molecule has 24 heavy (non-hydrogen) atoms. The zero-order chi connectivity index (χ0) is 17.6. The van der Waals surface area contributed by atoms with Gasteiger partial charge in [-0.05, 0) is 19.3 Å². The number of rotatable bonds is 6. The highest BCUT2D eigenvalue weighted by molar-refractivity contribution is 5.80. The Balaban J connectivity index is 1.78. The van der Waals surface area contributed by atoms with Crippen LogP contribution in [0.4, 0.5) is 13.2 Å². The van der Waals surface area contributed by atoms with Gasteiger partial charge in [0.05, 0.1) is 13.2 Å². The average molecular weight is 352 g/mol. The summed E-state index contributed by atoms with van der Waals surface area (Å²) in [6.07, 6.45) is -1.98. The van der Waals surface area contributed by atoms with Gasteiger partial charge in [0.1, 0.15) is 0 Å². The Morgan fingerprint density at radius 2 is 2.25 bits per heavy atom. The predicted octanol–water partition coefficient (Wildman–Crippen LogP) is 0.577. The number of alkyl halides is 3. The standard InChI is InChI=1S/C15H27F3N4O2/c1-19-13(20-9-14(3-6-23)4-7-24-11-14)21-12-2-5-22(8-12)10-15(16,17)18/h12,23H,2-11H2,1H3,(H2,19,20,21). The van der Waals surface area contributed by atoms with Crippen LogP contribution in [0, 0.1) is 5.41 Å². The van der Waals surface area contributed by atoms with E-state index in [0.29, 0.717) is 51.6 Å². The first-order chi connectivity index (χ1) is 11.4. The Labute approximate surface area is 140 Å². The van der Waals surface area contributed by atoms with Gasteiger partial charge in [0.2, 0.25) is 0 Å². The molecule has 2 aliphatic rings. The van der Waals surface area contributed by atoms with Crippen LogP contribution >= 0.6 is 0 Å². The van der Waals surface area contributed by atoms with Crippen LogP contribution in [-0.4, -0.2) is 81.2 Å². The molecule has 0 aromatic heterocycles. The summed E-state index contributed by atoms with van der Waals surface area (Å²) in [5.41, 5.74) is -0.107. The Morgan fingerprint density at radius 1 is 1.46 bits per heavy atom. The molecule has 0 saturated carbocycles. The van der Waals surface area contributed by atoms with Crippen molar-refractivity contribution in [3.8, 4) is 0 Å². The molecular weight excluding hydrogens is 325 g/mol. The van der Waals surface area contributed by atoms with Crippen molar-refractivity contribution in [2.45, 2.75) is 31.5 Å². The minimum absolute atomic E-state index is 0.0489. The van der Waals surface area contributed by atoms with E-state index in [2.05, 4.69) is 15.6 Å². The maximum Gasteiger partial charge on any atom is 0.401 e. The second-order valence-corrected chi connectivity index (χ2v) is 6.68. The van der Waals surface area contributed by atoms with Crippen LogP contribution in [0.25, 0.3) is 0 Å². The van der Waals surface area contributed by atoms with E-state index >= 15 is 0 Å². The highest BCUT2D eigenvalue weighted by atomic mass is 19.4. The number of hydrogen-bond donors (Lipinski definition) is 3. The monoisotopic (exact) mass is 352 g/mol. The number of guanidine groups is 1. The van der Waals surface area contributed by atoms with E-state index in [0.717, 1.165) is 6.42 Å². The minimum Gasteiger partial charge on any atom is -0.396 e. The number of aliphatic hydroxyl groups excluding tert-OH is 1. The number of halogens is 3. The summed E-state index contributed by atoms with van der Waals surface area (Å²) >= 11 is 0. The number of nitrogens with zero attached hydrogens (tertiary/aromatic N) is 2. The van der Waals surface area contributed by atoms with Crippen LogP contribution in [0.1, 0.15) is 19.3 Å². The van der Waals surface area contributed by atoms with E-state index < -0.39 is 12.7 Å².